The molecule has 17 heavy (non-hydrogen) atoms. The zero-order valence-electron chi connectivity index (χ0n) is 8.92. The number of nitrogens with one attached hydrogen (secondary N) is 1. The molecule has 0 radical (unpaired) electrons. The number of benzene rings is 1. The van der Waals surface area contributed by atoms with E-state index in [9.17, 15) is 18.0 Å². The van der Waals surface area contributed by atoms with Crippen LogP contribution in [0.2, 0.25) is 0 Å². The van der Waals surface area contributed by atoms with Crippen molar-refractivity contribution in [1.29, 1.82) is 0 Å². The number of alkyl halides is 3. The van der Waals surface area contributed by atoms with Crippen molar-refractivity contribution < 1.29 is 18.0 Å². The second-order valence-corrected chi connectivity index (χ2v) is 3.77. The average Bonchev–Trinajstić information content (AvgIpc) is 2.80. The molecule has 1 aliphatic rings. The molecule has 0 atom stereocenters. The molecule has 0 saturated carbocycles. The van der Waals surface area contributed by atoms with Crippen LogP contribution in [0.4, 0.5) is 13.2 Å². The number of carbonyl (C=O) groups is 1. The minimum Gasteiger partial charge on any atom is -0.325 e. The highest BCUT2D eigenvalue weighted by atomic mass is 19.4. The minimum atomic E-state index is -4.50. The molecule has 1 N–H and O–H groups in total. The molecule has 6 heteroatoms. The molecule has 1 aliphatic heterocycles. The van der Waals surface area contributed by atoms with Gasteiger partial charge >= 0.3 is 6.18 Å². The minimum absolute atomic E-state index is 0.288. The van der Waals surface area contributed by atoms with Gasteiger partial charge in [-0.25, -0.2) is 0 Å². The summed E-state index contributed by atoms with van der Waals surface area (Å²) in [5, 5.41) is 2.91. The second-order valence-electron chi connectivity index (χ2n) is 3.77. The smallest absolute Gasteiger partial charge is 0.325 e. The summed E-state index contributed by atoms with van der Waals surface area (Å²) in [6, 6.07) is 4.86. The summed E-state index contributed by atoms with van der Waals surface area (Å²) in [7, 11) is 0. The number of nitrogens with zero attached hydrogens (tertiary/aromatic N) is 1. The predicted molar refractivity (Wildman–Crippen MR) is 55.4 cm³/mol. The van der Waals surface area contributed by atoms with E-state index in [1.807, 2.05) is 0 Å². The summed E-state index contributed by atoms with van der Waals surface area (Å²) in [4.78, 5) is 13.3. The van der Waals surface area contributed by atoms with E-state index in [1.54, 1.807) is 0 Å². The Morgan fingerprint density at radius 3 is 2.59 bits per heavy atom. The van der Waals surface area contributed by atoms with E-state index in [4.69, 9.17) is 0 Å². The van der Waals surface area contributed by atoms with Crippen molar-refractivity contribution >= 4 is 5.91 Å². The fourth-order valence-corrected chi connectivity index (χ4v) is 1.77. The molecule has 1 heterocycles. The lowest BCUT2D eigenvalue weighted by Crippen LogP contribution is -2.31. The van der Waals surface area contributed by atoms with E-state index in [0.29, 0.717) is 19.8 Å². The maximum Gasteiger partial charge on any atom is 0.417 e. The van der Waals surface area contributed by atoms with Gasteiger partial charge in [0.2, 0.25) is 0 Å². The van der Waals surface area contributed by atoms with E-state index in [2.05, 4.69) is 5.32 Å². The zero-order chi connectivity index (χ0) is 12.5. The molecular weight excluding hydrogens is 233 g/mol. The number of hydrogen-bond donors (Lipinski definition) is 1. The monoisotopic (exact) mass is 244 g/mol. The lowest BCUT2D eigenvalue weighted by Gasteiger charge is -2.18. The highest BCUT2D eigenvalue weighted by Crippen LogP contribution is 2.32. The van der Waals surface area contributed by atoms with Crippen LogP contribution in [-0.2, 0) is 6.18 Å². The van der Waals surface area contributed by atoms with E-state index >= 15 is 0 Å². The molecule has 0 spiro atoms. The van der Waals surface area contributed by atoms with Crippen LogP contribution in [0.5, 0.6) is 0 Å². The van der Waals surface area contributed by atoms with Gasteiger partial charge < -0.3 is 4.90 Å². The van der Waals surface area contributed by atoms with Crippen LogP contribution in [0.25, 0.3) is 0 Å². The van der Waals surface area contributed by atoms with E-state index in [1.165, 1.54) is 23.1 Å². The molecular formula is C11H11F3N2O. The van der Waals surface area contributed by atoms with Crippen LogP contribution >= 0.6 is 0 Å². The largest absolute Gasteiger partial charge is 0.417 e. The summed E-state index contributed by atoms with van der Waals surface area (Å²) in [5.41, 5.74) is -1.17. The number of amides is 1. The number of rotatable bonds is 1. The third kappa shape index (κ3) is 2.41. The molecule has 1 aromatic rings. The summed E-state index contributed by atoms with van der Waals surface area (Å²) >= 11 is 0. The SMILES string of the molecule is O=C(c1ccccc1C(F)(F)F)N1CCNC1. The molecule has 3 nitrogen and oxygen atoms in total. The van der Waals surface area contributed by atoms with E-state index in [-0.39, 0.29) is 5.56 Å². The maximum absolute atomic E-state index is 12.7. The van der Waals surface area contributed by atoms with Crippen molar-refractivity contribution in [3.05, 3.63) is 35.4 Å². The standard InChI is InChI=1S/C11H11F3N2O/c12-11(13,14)9-4-2-1-3-8(9)10(17)16-6-5-15-7-16/h1-4,15H,5-7H2. The molecule has 0 bridgehead atoms. The maximum atomic E-state index is 12.7. The highest BCUT2D eigenvalue weighted by molar-refractivity contribution is 5.96. The van der Waals surface area contributed by atoms with Gasteiger partial charge in [0.05, 0.1) is 17.8 Å². The van der Waals surface area contributed by atoms with Crippen molar-refractivity contribution in [1.82, 2.24) is 10.2 Å². The lowest BCUT2D eigenvalue weighted by atomic mass is 10.1. The molecule has 92 valence electrons. The van der Waals surface area contributed by atoms with Gasteiger partial charge in [-0.15, -0.1) is 0 Å². The average molecular weight is 244 g/mol. The number of carbonyl (C=O) groups excluding carboxylic acids is 1. The number of hydrogen-bond acceptors (Lipinski definition) is 2. The molecule has 1 saturated heterocycles. The van der Waals surface area contributed by atoms with Crippen molar-refractivity contribution in [3.8, 4) is 0 Å². The molecule has 2 rings (SSSR count). The van der Waals surface area contributed by atoms with Crippen molar-refractivity contribution in [2.75, 3.05) is 19.8 Å². The summed E-state index contributed by atoms with van der Waals surface area (Å²) in [5.74, 6) is -0.581. The molecule has 1 fully saturated rings. The van der Waals surface area contributed by atoms with Gasteiger partial charge in [0.1, 0.15) is 0 Å². The molecule has 0 aliphatic carbocycles. The van der Waals surface area contributed by atoms with Gasteiger partial charge in [0.15, 0.2) is 0 Å². The van der Waals surface area contributed by atoms with Gasteiger partial charge in [0, 0.05) is 13.1 Å². The highest BCUT2D eigenvalue weighted by Gasteiger charge is 2.36. The van der Waals surface area contributed by atoms with Crippen LogP contribution in [0, 0.1) is 0 Å². The lowest BCUT2D eigenvalue weighted by molar-refractivity contribution is -0.138. The van der Waals surface area contributed by atoms with Gasteiger partial charge in [-0.05, 0) is 12.1 Å². The Balaban J connectivity index is 2.34. The van der Waals surface area contributed by atoms with Crippen LogP contribution in [0.15, 0.2) is 24.3 Å². The summed E-state index contributed by atoms with van der Waals surface area (Å²) in [6.07, 6.45) is -4.50. The van der Waals surface area contributed by atoms with Gasteiger partial charge in [-0.2, -0.15) is 13.2 Å². The van der Waals surface area contributed by atoms with Crippen molar-refractivity contribution in [2.45, 2.75) is 6.18 Å². The Kier molecular flexibility index (Phi) is 3.06. The van der Waals surface area contributed by atoms with E-state index < -0.39 is 17.6 Å². The normalized spacial score (nSPS) is 16.3. The zero-order valence-corrected chi connectivity index (χ0v) is 8.92. The van der Waals surface area contributed by atoms with Gasteiger partial charge in [-0.3, -0.25) is 10.1 Å². The molecule has 0 unspecified atom stereocenters. The van der Waals surface area contributed by atoms with Crippen LogP contribution in [-0.4, -0.2) is 30.6 Å². The van der Waals surface area contributed by atoms with E-state index in [0.717, 1.165) is 6.07 Å². The third-order valence-electron chi connectivity index (χ3n) is 2.61. The fraction of sp³-hybridized carbons (Fsp3) is 0.364. The first kappa shape index (κ1) is 11.9. The fourth-order valence-electron chi connectivity index (χ4n) is 1.77. The third-order valence-corrected chi connectivity index (χ3v) is 2.61. The Bertz CT molecular complexity index is 425. The topological polar surface area (TPSA) is 32.3 Å². The summed E-state index contributed by atoms with van der Waals surface area (Å²) in [6.45, 7) is 1.34. The number of halogens is 3. The Morgan fingerprint density at radius 1 is 1.29 bits per heavy atom. The first-order valence-electron chi connectivity index (χ1n) is 5.16. The van der Waals surface area contributed by atoms with Crippen LogP contribution in [0.3, 0.4) is 0 Å². The first-order chi connectivity index (χ1) is 8.00. The Morgan fingerprint density at radius 2 is 2.00 bits per heavy atom. The first-order valence-corrected chi connectivity index (χ1v) is 5.16. The molecule has 0 aromatic heterocycles. The van der Waals surface area contributed by atoms with Crippen LogP contribution < -0.4 is 5.32 Å². The molecule has 1 aromatic carbocycles. The summed E-state index contributed by atoms with van der Waals surface area (Å²) < 4.78 is 38.1. The predicted octanol–water partition coefficient (Wildman–Crippen LogP) is 1.71. The van der Waals surface area contributed by atoms with Crippen LogP contribution in [0.1, 0.15) is 15.9 Å². The van der Waals surface area contributed by atoms with Gasteiger partial charge in [-0.1, -0.05) is 12.1 Å². The second kappa shape index (κ2) is 4.37. The Hall–Kier alpha value is -1.56. The quantitative estimate of drug-likeness (QED) is 0.815. The van der Waals surface area contributed by atoms with Gasteiger partial charge in [0.25, 0.3) is 5.91 Å². The van der Waals surface area contributed by atoms with Crippen molar-refractivity contribution in [3.63, 3.8) is 0 Å². The molecule has 1 amide bonds. The van der Waals surface area contributed by atoms with Crippen molar-refractivity contribution in [2.24, 2.45) is 0 Å². The Labute approximate surface area is 96.2 Å².